The number of hydrogen-bond acceptors (Lipinski definition) is 4. The largest absolute Gasteiger partial charge is 0.467 e. The molecule has 2 aromatic rings. The molecule has 2 aromatic heterocycles. The fraction of sp³-hybridized carbons (Fsp3) is 0.444. The van der Waals surface area contributed by atoms with Crippen molar-refractivity contribution in [2.75, 3.05) is 0 Å². The smallest absolute Gasteiger partial charge is 0.315 e. The number of carbonyl (C=O) groups excluding carboxylic acids is 1. The lowest BCUT2D eigenvalue weighted by Gasteiger charge is -2.24. The Hall–Kier alpha value is -2.34. The lowest BCUT2D eigenvalue weighted by molar-refractivity contribution is 0.129. The third-order valence-corrected chi connectivity index (χ3v) is 3.84. The van der Waals surface area contributed by atoms with Gasteiger partial charge < -0.3 is 20.2 Å². The maximum Gasteiger partial charge on any atom is 0.315 e. The maximum atomic E-state index is 12.3. The van der Waals surface area contributed by atoms with Gasteiger partial charge in [0.2, 0.25) is 0 Å². The van der Waals surface area contributed by atoms with E-state index in [1.165, 1.54) is 6.26 Å². The molecular formula is C18H25N3O3. The second-order valence-electron chi connectivity index (χ2n) is 6.29. The Morgan fingerprint density at radius 2 is 1.92 bits per heavy atom. The van der Waals surface area contributed by atoms with Crippen LogP contribution in [0.4, 0.5) is 4.79 Å². The van der Waals surface area contributed by atoms with E-state index in [9.17, 15) is 9.90 Å². The first-order chi connectivity index (χ1) is 11.5. The highest BCUT2D eigenvalue weighted by molar-refractivity contribution is 5.74. The SMILES string of the molecule is CC(C)[C@H](NC(=O)N[C@H](C)C[C@H](O)c1ccco1)c1ccncc1. The summed E-state index contributed by atoms with van der Waals surface area (Å²) in [6.07, 6.45) is 4.59. The topological polar surface area (TPSA) is 87.4 Å². The number of rotatable bonds is 7. The van der Waals surface area contributed by atoms with Crippen molar-refractivity contribution in [3.8, 4) is 0 Å². The van der Waals surface area contributed by atoms with Gasteiger partial charge in [0.25, 0.3) is 0 Å². The number of nitrogens with zero attached hydrogens (tertiary/aromatic N) is 1. The molecular weight excluding hydrogens is 306 g/mol. The molecule has 3 N–H and O–H groups in total. The van der Waals surface area contributed by atoms with Gasteiger partial charge >= 0.3 is 6.03 Å². The number of aliphatic hydroxyl groups is 1. The molecule has 0 saturated heterocycles. The molecule has 2 amide bonds. The molecule has 0 saturated carbocycles. The van der Waals surface area contributed by atoms with Gasteiger partial charge in [0.05, 0.1) is 12.3 Å². The molecule has 0 fully saturated rings. The van der Waals surface area contributed by atoms with Gasteiger partial charge in [-0.2, -0.15) is 0 Å². The Balaban J connectivity index is 1.88. The zero-order chi connectivity index (χ0) is 17.5. The minimum atomic E-state index is -0.739. The predicted octanol–water partition coefficient (Wildman–Crippen LogP) is 3.18. The van der Waals surface area contributed by atoms with Gasteiger partial charge in [-0.3, -0.25) is 4.98 Å². The molecule has 3 atom stereocenters. The summed E-state index contributed by atoms with van der Waals surface area (Å²) in [4.78, 5) is 16.3. The van der Waals surface area contributed by atoms with Crippen molar-refractivity contribution in [1.82, 2.24) is 15.6 Å². The third kappa shape index (κ3) is 5.09. The first-order valence-corrected chi connectivity index (χ1v) is 8.15. The number of nitrogens with one attached hydrogen (secondary N) is 2. The first kappa shape index (κ1) is 18.0. The van der Waals surface area contributed by atoms with Crippen LogP contribution in [0.3, 0.4) is 0 Å². The fourth-order valence-corrected chi connectivity index (χ4v) is 2.60. The summed E-state index contributed by atoms with van der Waals surface area (Å²) >= 11 is 0. The Kier molecular flexibility index (Phi) is 6.37. The minimum Gasteiger partial charge on any atom is -0.467 e. The Morgan fingerprint density at radius 1 is 1.21 bits per heavy atom. The van der Waals surface area contributed by atoms with E-state index < -0.39 is 6.10 Å². The van der Waals surface area contributed by atoms with E-state index in [4.69, 9.17) is 4.42 Å². The zero-order valence-corrected chi connectivity index (χ0v) is 14.3. The van der Waals surface area contributed by atoms with Gasteiger partial charge in [-0.1, -0.05) is 13.8 Å². The van der Waals surface area contributed by atoms with Crippen molar-refractivity contribution < 1.29 is 14.3 Å². The van der Waals surface area contributed by atoms with Crippen LogP contribution in [-0.4, -0.2) is 22.2 Å². The van der Waals surface area contributed by atoms with Crippen molar-refractivity contribution in [3.05, 3.63) is 54.2 Å². The third-order valence-electron chi connectivity index (χ3n) is 3.84. The van der Waals surface area contributed by atoms with Crippen molar-refractivity contribution in [2.45, 2.75) is 45.4 Å². The molecule has 0 aromatic carbocycles. The molecule has 6 heteroatoms. The van der Waals surface area contributed by atoms with Crippen LogP contribution in [-0.2, 0) is 0 Å². The van der Waals surface area contributed by atoms with Crippen LogP contribution in [0.25, 0.3) is 0 Å². The van der Waals surface area contributed by atoms with Crippen LogP contribution in [0.15, 0.2) is 47.3 Å². The van der Waals surface area contributed by atoms with Gasteiger partial charge in [0.1, 0.15) is 11.9 Å². The lowest BCUT2D eigenvalue weighted by atomic mass is 9.97. The molecule has 0 aliphatic rings. The van der Waals surface area contributed by atoms with Crippen molar-refractivity contribution >= 4 is 6.03 Å². The highest BCUT2D eigenvalue weighted by Gasteiger charge is 2.20. The van der Waals surface area contributed by atoms with E-state index in [0.717, 1.165) is 5.56 Å². The summed E-state index contributed by atoms with van der Waals surface area (Å²) in [5.41, 5.74) is 1.01. The van der Waals surface area contributed by atoms with Crippen LogP contribution >= 0.6 is 0 Å². The molecule has 0 aliphatic heterocycles. The van der Waals surface area contributed by atoms with Gasteiger partial charge in [0, 0.05) is 24.9 Å². The van der Waals surface area contributed by atoms with E-state index in [2.05, 4.69) is 29.5 Å². The molecule has 0 bridgehead atoms. The molecule has 0 aliphatic carbocycles. The molecule has 130 valence electrons. The van der Waals surface area contributed by atoms with Crippen LogP contribution in [0.1, 0.15) is 50.7 Å². The number of pyridine rings is 1. The van der Waals surface area contributed by atoms with Crippen LogP contribution in [0.2, 0.25) is 0 Å². The number of aliphatic hydroxyl groups excluding tert-OH is 1. The number of hydrogen-bond donors (Lipinski definition) is 3. The summed E-state index contributed by atoms with van der Waals surface area (Å²) < 4.78 is 5.17. The Labute approximate surface area is 142 Å². The number of urea groups is 1. The maximum absolute atomic E-state index is 12.3. The second-order valence-corrected chi connectivity index (χ2v) is 6.29. The predicted molar refractivity (Wildman–Crippen MR) is 91.2 cm³/mol. The quantitative estimate of drug-likeness (QED) is 0.727. The van der Waals surface area contributed by atoms with Gasteiger partial charge in [-0.15, -0.1) is 0 Å². The number of aromatic nitrogens is 1. The van der Waals surface area contributed by atoms with E-state index >= 15 is 0 Å². The van der Waals surface area contributed by atoms with Gasteiger partial charge in [0.15, 0.2) is 0 Å². The Bertz CT molecular complexity index is 614. The summed E-state index contributed by atoms with van der Waals surface area (Å²) in [5.74, 6) is 0.739. The van der Waals surface area contributed by atoms with E-state index in [0.29, 0.717) is 12.2 Å². The summed E-state index contributed by atoms with van der Waals surface area (Å²) in [5, 5.41) is 15.9. The minimum absolute atomic E-state index is 0.102. The molecule has 0 spiro atoms. The molecule has 2 rings (SSSR count). The molecule has 6 nitrogen and oxygen atoms in total. The number of amides is 2. The highest BCUT2D eigenvalue weighted by Crippen LogP contribution is 2.21. The zero-order valence-electron chi connectivity index (χ0n) is 14.3. The average Bonchev–Trinajstić information content (AvgIpc) is 3.07. The molecule has 0 unspecified atom stereocenters. The van der Waals surface area contributed by atoms with E-state index in [1.807, 2.05) is 19.1 Å². The average molecular weight is 331 g/mol. The number of carbonyl (C=O) groups is 1. The van der Waals surface area contributed by atoms with Crippen LogP contribution < -0.4 is 10.6 Å². The van der Waals surface area contributed by atoms with Gasteiger partial charge in [-0.25, -0.2) is 4.79 Å². The molecule has 0 radical (unpaired) electrons. The van der Waals surface area contributed by atoms with Crippen molar-refractivity contribution in [3.63, 3.8) is 0 Å². The number of furan rings is 1. The monoisotopic (exact) mass is 331 g/mol. The summed E-state index contributed by atoms with van der Waals surface area (Å²) in [6, 6.07) is 6.68. The molecule has 2 heterocycles. The lowest BCUT2D eigenvalue weighted by Crippen LogP contribution is -2.44. The van der Waals surface area contributed by atoms with Crippen molar-refractivity contribution in [2.24, 2.45) is 5.92 Å². The summed E-state index contributed by atoms with van der Waals surface area (Å²) in [7, 11) is 0. The van der Waals surface area contributed by atoms with Crippen LogP contribution in [0.5, 0.6) is 0 Å². The van der Waals surface area contributed by atoms with Gasteiger partial charge in [-0.05, 0) is 42.7 Å². The normalized spacial score (nSPS) is 14.9. The summed E-state index contributed by atoms with van der Waals surface area (Å²) in [6.45, 7) is 5.95. The van der Waals surface area contributed by atoms with E-state index in [-0.39, 0.29) is 24.0 Å². The van der Waals surface area contributed by atoms with Crippen LogP contribution in [0, 0.1) is 5.92 Å². The first-order valence-electron chi connectivity index (χ1n) is 8.15. The second kappa shape index (κ2) is 8.49. The molecule has 24 heavy (non-hydrogen) atoms. The standard InChI is InChI=1S/C18H25N3O3/c1-12(2)17(14-6-8-19-9-7-14)21-18(23)20-13(3)11-15(22)16-5-4-10-24-16/h4-10,12-13,15,17,22H,11H2,1-3H3,(H2,20,21,23)/t13-,15+,17+/m1/s1. The Morgan fingerprint density at radius 3 is 2.50 bits per heavy atom. The fourth-order valence-electron chi connectivity index (χ4n) is 2.60. The van der Waals surface area contributed by atoms with E-state index in [1.54, 1.807) is 24.5 Å². The highest BCUT2D eigenvalue weighted by atomic mass is 16.4. The van der Waals surface area contributed by atoms with Crippen molar-refractivity contribution in [1.29, 1.82) is 0 Å².